The van der Waals surface area contributed by atoms with Crippen molar-refractivity contribution in [2.45, 2.75) is 20.1 Å². The van der Waals surface area contributed by atoms with Crippen molar-refractivity contribution in [3.05, 3.63) is 53.1 Å². The molecule has 7 heteroatoms. The summed E-state index contributed by atoms with van der Waals surface area (Å²) in [5, 5.41) is 6.70. The van der Waals surface area contributed by atoms with Crippen molar-refractivity contribution in [2.75, 3.05) is 19.5 Å². The highest BCUT2D eigenvalue weighted by atomic mass is 16.6. The Labute approximate surface area is 152 Å². The average molecular weight is 357 g/mol. The molecule has 3 N–H and O–H groups in total. The van der Waals surface area contributed by atoms with E-state index in [9.17, 15) is 4.79 Å². The van der Waals surface area contributed by atoms with Crippen LogP contribution in [0.5, 0.6) is 11.5 Å². The predicted octanol–water partition coefficient (Wildman–Crippen LogP) is 2.98. The Hall–Kier alpha value is -3.22. The van der Waals surface area contributed by atoms with E-state index in [0.29, 0.717) is 11.5 Å². The topological polar surface area (TPSA) is 95.2 Å². The van der Waals surface area contributed by atoms with Crippen LogP contribution in [0.15, 0.2) is 41.5 Å². The number of anilines is 1. The lowest BCUT2D eigenvalue weighted by molar-refractivity contribution is -0.145. The van der Waals surface area contributed by atoms with Crippen molar-refractivity contribution in [1.82, 2.24) is 0 Å². The number of esters is 1. The quantitative estimate of drug-likeness (QED) is 0.260. The first-order chi connectivity index (χ1) is 12.5. The number of hydrogen-bond donors (Lipinski definition) is 2. The van der Waals surface area contributed by atoms with Crippen LogP contribution in [-0.4, -0.2) is 26.4 Å². The highest BCUT2D eigenvalue weighted by molar-refractivity contribution is 5.80. The molecular formula is C19H23N3O4. The molecule has 0 amide bonds. The second-order valence-electron chi connectivity index (χ2n) is 5.60. The number of rotatable bonds is 7. The van der Waals surface area contributed by atoms with Crippen LogP contribution in [0.4, 0.5) is 5.69 Å². The molecule has 138 valence electrons. The summed E-state index contributed by atoms with van der Waals surface area (Å²) in [4.78, 5) is 11.6. The zero-order valence-electron chi connectivity index (χ0n) is 15.3. The van der Waals surface area contributed by atoms with Crippen LogP contribution in [0.25, 0.3) is 0 Å². The molecule has 0 aromatic heterocycles. The number of aryl methyl sites for hydroxylation is 1. The SMILES string of the molecule is COc1cc(C)c(C(Nc2ccc(C=NN)cc2)OC(C)=O)cc1OC. The van der Waals surface area contributed by atoms with E-state index in [1.807, 2.05) is 37.3 Å². The summed E-state index contributed by atoms with van der Waals surface area (Å²) in [6.45, 7) is 3.28. The minimum atomic E-state index is -0.679. The summed E-state index contributed by atoms with van der Waals surface area (Å²) in [7, 11) is 3.13. The molecule has 0 bridgehead atoms. The molecular weight excluding hydrogens is 334 g/mol. The van der Waals surface area contributed by atoms with Crippen LogP contribution in [0.2, 0.25) is 0 Å². The molecule has 0 spiro atoms. The molecule has 0 aliphatic heterocycles. The number of nitrogens with zero attached hydrogens (tertiary/aromatic N) is 1. The van der Waals surface area contributed by atoms with E-state index in [1.165, 1.54) is 6.92 Å². The first-order valence-electron chi connectivity index (χ1n) is 7.98. The van der Waals surface area contributed by atoms with Gasteiger partial charge in [-0.1, -0.05) is 12.1 Å². The molecule has 0 saturated carbocycles. The second kappa shape index (κ2) is 8.75. The minimum Gasteiger partial charge on any atom is -0.493 e. The fourth-order valence-electron chi connectivity index (χ4n) is 2.52. The lowest BCUT2D eigenvalue weighted by atomic mass is 10.1. The van der Waals surface area contributed by atoms with Crippen LogP contribution in [-0.2, 0) is 9.53 Å². The van der Waals surface area contributed by atoms with Gasteiger partial charge in [-0.25, -0.2) is 0 Å². The fraction of sp³-hybridized carbons (Fsp3) is 0.263. The summed E-state index contributed by atoms with van der Waals surface area (Å²) in [5.41, 5.74) is 3.31. The summed E-state index contributed by atoms with van der Waals surface area (Å²) >= 11 is 0. The highest BCUT2D eigenvalue weighted by Crippen LogP contribution is 2.34. The first-order valence-corrected chi connectivity index (χ1v) is 7.98. The van der Waals surface area contributed by atoms with Gasteiger partial charge in [0.25, 0.3) is 0 Å². The highest BCUT2D eigenvalue weighted by Gasteiger charge is 2.20. The lowest BCUT2D eigenvalue weighted by Gasteiger charge is -2.23. The van der Waals surface area contributed by atoms with Crippen LogP contribution < -0.4 is 20.6 Å². The molecule has 0 saturated heterocycles. The first kappa shape index (κ1) is 19.1. The van der Waals surface area contributed by atoms with Gasteiger partial charge in [-0.05, 0) is 42.3 Å². The average Bonchev–Trinajstić information content (AvgIpc) is 2.62. The molecule has 0 heterocycles. The number of benzene rings is 2. The Bertz CT molecular complexity index is 788. The summed E-state index contributed by atoms with van der Waals surface area (Å²) in [5.74, 6) is 5.92. The Balaban J connectivity index is 2.36. The number of methoxy groups -OCH3 is 2. The monoisotopic (exact) mass is 357 g/mol. The van der Waals surface area contributed by atoms with E-state index in [1.54, 1.807) is 26.5 Å². The van der Waals surface area contributed by atoms with Crippen molar-refractivity contribution in [2.24, 2.45) is 10.9 Å². The number of hydrazone groups is 1. The van der Waals surface area contributed by atoms with Crippen LogP contribution in [0.1, 0.15) is 29.8 Å². The van der Waals surface area contributed by atoms with Crippen molar-refractivity contribution in [3.8, 4) is 11.5 Å². The Kier molecular flexibility index (Phi) is 6.43. The third-order valence-electron chi connectivity index (χ3n) is 3.77. The van der Waals surface area contributed by atoms with E-state index in [4.69, 9.17) is 20.1 Å². The van der Waals surface area contributed by atoms with Gasteiger partial charge >= 0.3 is 5.97 Å². The molecule has 7 nitrogen and oxygen atoms in total. The number of carbonyl (C=O) groups excluding carboxylic acids is 1. The number of ether oxygens (including phenoxy) is 3. The Morgan fingerprint density at radius 3 is 2.31 bits per heavy atom. The van der Waals surface area contributed by atoms with Gasteiger partial charge in [-0.3, -0.25) is 4.79 Å². The van der Waals surface area contributed by atoms with Gasteiger partial charge in [-0.2, -0.15) is 5.10 Å². The van der Waals surface area contributed by atoms with Gasteiger partial charge < -0.3 is 25.4 Å². The molecule has 0 radical (unpaired) electrons. The molecule has 2 aromatic rings. The van der Waals surface area contributed by atoms with E-state index < -0.39 is 12.2 Å². The largest absolute Gasteiger partial charge is 0.493 e. The molecule has 1 unspecified atom stereocenters. The molecule has 0 aliphatic rings. The zero-order valence-corrected chi connectivity index (χ0v) is 15.3. The molecule has 0 fully saturated rings. The van der Waals surface area contributed by atoms with Gasteiger partial charge in [0.2, 0.25) is 0 Å². The number of carbonyl (C=O) groups is 1. The standard InChI is InChI=1S/C19H23N3O4/c1-12-9-17(24-3)18(25-4)10-16(12)19(26-13(2)23)22-15-7-5-14(6-8-15)11-21-20/h5-11,19,22H,20H2,1-4H3. The summed E-state index contributed by atoms with van der Waals surface area (Å²) < 4.78 is 16.2. The Morgan fingerprint density at radius 2 is 1.77 bits per heavy atom. The van der Waals surface area contributed by atoms with Crippen molar-refractivity contribution in [3.63, 3.8) is 0 Å². The molecule has 26 heavy (non-hydrogen) atoms. The summed E-state index contributed by atoms with van der Waals surface area (Å²) in [6, 6.07) is 11.0. The molecule has 2 aromatic carbocycles. The van der Waals surface area contributed by atoms with Gasteiger partial charge in [0.1, 0.15) is 0 Å². The van der Waals surface area contributed by atoms with Crippen LogP contribution in [0.3, 0.4) is 0 Å². The minimum absolute atomic E-state index is 0.399. The third-order valence-corrected chi connectivity index (χ3v) is 3.77. The van der Waals surface area contributed by atoms with Crippen LogP contribution in [0, 0.1) is 6.92 Å². The maximum atomic E-state index is 11.6. The van der Waals surface area contributed by atoms with Gasteiger partial charge in [0, 0.05) is 18.2 Å². The zero-order chi connectivity index (χ0) is 19.1. The van der Waals surface area contributed by atoms with Crippen molar-refractivity contribution >= 4 is 17.9 Å². The van der Waals surface area contributed by atoms with Crippen molar-refractivity contribution < 1.29 is 19.0 Å². The maximum Gasteiger partial charge on any atom is 0.304 e. The van der Waals surface area contributed by atoms with E-state index in [-0.39, 0.29) is 0 Å². The van der Waals surface area contributed by atoms with Gasteiger partial charge in [0.15, 0.2) is 17.7 Å². The van der Waals surface area contributed by atoms with Crippen LogP contribution >= 0.6 is 0 Å². The third kappa shape index (κ3) is 4.66. The molecule has 1 atom stereocenters. The normalized spacial score (nSPS) is 11.8. The van der Waals surface area contributed by atoms with Gasteiger partial charge in [0.05, 0.1) is 20.4 Å². The summed E-state index contributed by atoms with van der Waals surface area (Å²) in [6.07, 6.45) is 0.868. The number of nitrogens with one attached hydrogen (secondary N) is 1. The van der Waals surface area contributed by atoms with Crippen molar-refractivity contribution in [1.29, 1.82) is 0 Å². The number of hydrogen-bond acceptors (Lipinski definition) is 7. The lowest BCUT2D eigenvalue weighted by Crippen LogP contribution is -2.18. The van der Waals surface area contributed by atoms with E-state index in [0.717, 1.165) is 22.4 Å². The maximum absolute atomic E-state index is 11.6. The smallest absolute Gasteiger partial charge is 0.304 e. The van der Waals surface area contributed by atoms with E-state index in [2.05, 4.69) is 10.4 Å². The van der Waals surface area contributed by atoms with E-state index >= 15 is 0 Å². The Morgan fingerprint density at radius 1 is 1.15 bits per heavy atom. The fourth-order valence-corrected chi connectivity index (χ4v) is 2.52. The molecule has 2 rings (SSSR count). The number of nitrogens with two attached hydrogens (primary N) is 1. The molecule has 0 aliphatic carbocycles. The van der Waals surface area contributed by atoms with Gasteiger partial charge in [-0.15, -0.1) is 0 Å². The second-order valence-corrected chi connectivity index (χ2v) is 5.60. The predicted molar refractivity (Wildman–Crippen MR) is 101 cm³/mol.